The van der Waals surface area contributed by atoms with E-state index in [2.05, 4.69) is 37.9 Å². The maximum absolute atomic E-state index is 11.7. The minimum absolute atomic E-state index is 0.308. The van der Waals surface area contributed by atoms with Crippen LogP contribution in [0.25, 0.3) is 0 Å². The van der Waals surface area contributed by atoms with Gasteiger partial charge in [0.2, 0.25) is 0 Å². The zero-order chi connectivity index (χ0) is 15.0. The summed E-state index contributed by atoms with van der Waals surface area (Å²) >= 11 is 0. The number of carbonyl (C=O) groups excluding carboxylic acids is 1. The first-order valence-corrected chi connectivity index (χ1v) is 9.49. The van der Waals surface area contributed by atoms with Crippen molar-refractivity contribution >= 4 is 19.2 Å². The van der Waals surface area contributed by atoms with Gasteiger partial charge in [-0.3, -0.25) is 4.89 Å². The van der Waals surface area contributed by atoms with Crippen LogP contribution in [0.3, 0.4) is 0 Å². The van der Waals surface area contributed by atoms with Crippen LogP contribution in [0, 0.1) is 6.92 Å². The Balaban J connectivity index is 2.82. The SMILES string of the molecule is [CH2]CCOOC(=O)c1ccc([Si](C=C)(CC)CC)cc1. The third-order valence-corrected chi connectivity index (χ3v) is 8.50. The molecule has 0 aliphatic rings. The molecule has 0 N–H and O–H groups in total. The Morgan fingerprint density at radius 2 is 1.85 bits per heavy atom. The van der Waals surface area contributed by atoms with E-state index in [0.29, 0.717) is 18.6 Å². The minimum atomic E-state index is -1.61. The van der Waals surface area contributed by atoms with Gasteiger partial charge in [0, 0.05) is 0 Å². The summed E-state index contributed by atoms with van der Waals surface area (Å²) in [7, 11) is -1.61. The summed E-state index contributed by atoms with van der Waals surface area (Å²) in [6, 6.07) is 9.84. The third kappa shape index (κ3) is 3.80. The van der Waals surface area contributed by atoms with Crippen LogP contribution in [0.2, 0.25) is 12.1 Å². The molecule has 0 amide bonds. The van der Waals surface area contributed by atoms with E-state index < -0.39 is 14.0 Å². The molecule has 1 aromatic carbocycles. The molecule has 4 heteroatoms. The lowest BCUT2D eigenvalue weighted by Gasteiger charge is -2.25. The highest BCUT2D eigenvalue weighted by Gasteiger charge is 2.27. The summed E-state index contributed by atoms with van der Waals surface area (Å²) in [6.45, 7) is 12.3. The van der Waals surface area contributed by atoms with Gasteiger partial charge in [-0.1, -0.05) is 55.9 Å². The Bertz CT molecular complexity index is 436. The highest BCUT2D eigenvalue weighted by atomic mass is 28.3. The van der Waals surface area contributed by atoms with E-state index in [0.717, 1.165) is 12.1 Å². The smallest absolute Gasteiger partial charge is 0.293 e. The van der Waals surface area contributed by atoms with E-state index in [1.807, 2.05) is 12.1 Å². The second-order valence-electron chi connectivity index (χ2n) is 4.69. The normalized spacial score (nSPS) is 11.2. The predicted octanol–water partition coefficient (Wildman–Crippen LogP) is 3.42. The molecular weight excluding hydrogens is 268 g/mol. The largest absolute Gasteiger partial charge is 0.373 e. The zero-order valence-corrected chi connectivity index (χ0v) is 13.4. The lowest BCUT2D eigenvalue weighted by molar-refractivity contribution is -0.239. The molecule has 3 nitrogen and oxygen atoms in total. The average Bonchev–Trinajstić information content (AvgIpc) is 2.50. The number of benzene rings is 1. The summed E-state index contributed by atoms with van der Waals surface area (Å²) in [4.78, 5) is 21.1. The fourth-order valence-corrected chi connectivity index (χ4v) is 5.17. The Kier molecular flexibility index (Phi) is 6.68. The number of hydrogen-bond donors (Lipinski definition) is 0. The van der Waals surface area contributed by atoms with Gasteiger partial charge in [0.05, 0.1) is 12.2 Å². The van der Waals surface area contributed by atoms with Gasteiger partial charge in [0.25, 0.3) is 0 Å². The molecule has 1 rings (SSSR count). The number of hydrogen-bond acceptors (Lipinski definition) is 3. The molecule has 0 atom stereocenters. The highest BCUT2D eigenvalue weighted by molar-refractivity contribution is 6.95. The van der Waals surface area contributed by atoms with Crippen molar-refractivity contribution in [3.63, 3.8) is 0 Å². The number of rotatable bonds is 8. The Morgan fingerprint density at radius 3 is 2.30 bits per heavy atom. The molecular formula is C16H23O3Si. The lowest BCUT2D eigenvalue weighted by Crippen LogP contribution is -2.44. The van der Waals surface area contributed by atoms with E-state index in [-0.39, 0.29) is 0 Å². The molecule has 0 heterocycles. The van der Waals surface area contributed by atoms with Gasteiger partial charge in [0.15, 0.2) is 0 Å². The molecule has 0 aliphatic heterocycles. The molecule has 109 valence electrons. The van der Waals surface area contributed by atoms with E-state index in [1.54, 1.807) is 12.1 Å². The predicted molar refractivity (Wildman–Crippen MR) is 84.3 cm³/mol. The quantitative estimate of drug-likeness (QED) is 0.319. The van der Waals surface area contributed by atoms with Crippen LogP contribution in [-0.2, 0) is 9.78 Å². The average molecular weight is 291 g/mol. The zero-order valence-electron chi connectivity index (χ0n) is 12.4. The van der Waals surface area contributed by atoms with Gasteiger partial charge in [-0.25, -0.2) is 4.79 Å². The minimum Gasteiger partial charge on any atom is -0.293 e. The lowest BCUT2D eigenvalue weighted by atomic mass is 10.2. The fourth-order valence-electron chi connectivity index (χ4n) is 2.21. The summed E-state index contributed by atoms with van der Waals surface area (Å²) in [5.74, 6) is -0.469. The second kappa shape index (κ2) is 8.02. The topological polar surface area (TPSA) is 35.5 Å². The molecule has 0 fully saturated rings. The first kappa shape index (κ1) is 16.7. The summed E-state index contributed by atoms with van der Waals surface area (Å²) in [5, 5.41) is 1.30. The van der Waals surface area contributed by atoms with Crippen LogP contribution in [0.15, 0.2) is 36.5 Å². The molecule has 1 radical (unpaired) electrons. The van der Waals surface area contributed by atoms with Crippen molar-refractivity contribution < 1.29 is 14.6 Å². The van der Waals surface area contributed by atoms with Crippen molar-refractivity contribution in [2.45, 2.75) is 32.4 Å². The van der Waals surface area contributed by atoms with Crippen molar-refractivity contribution in [2.24, 2.45) is 0 Å². The molecule has 0 unspecified atom stereocenters. The van der Waals surface area contributed by atoms with Gasteiger partial charge in [-0.05, 0) is 18.6 Å². The van der Waals surface area contributed by atoms with E-state index in [1.165, 1.54) is 5.19 Å². The van der Waals surface area contributed by atoms with Crippen LogP contribution in [0.4, 0.5) is 0 Å². The Labute approximate surface area is 122 Å². The van der Waals surface area contributed by atoms with Gasteiger partial charge in [0.1, 0.15) is 8.07 Å². The van der Waals surface area contributed by atoms with Crippen molar-refractivity contribution in [3.8, 4) is 0 Å². The van der Waals surface area contributed by atoms with E-state index in [4.69, 9.17) is 4.89 Å². The second-order valence-corrected chi connectivity index (χ2v) is 9.40. The highest BCUT2D eigenvalue weighted by Crippen LogP contribution is 2.17. The molecule has 0 aliphatic carbocycles. The van der Waals surface area contributed by atoms with Crippen LogP contribution >= 0.6 is 0 Å². The van der Waals surface area contributed by atoms with Crippen molar-refractivity contribution in [1.82, 2.24) is 0 Å². The van der Waals surface area contributed by atoms with Crippen LogP contribution in [0.5, 0.6) is 0 Å². The van der Waals surface area contributed by atoms with E-state index in [9.17, 15) is 4.79 Å². The van der Waals surface area contributed by atoms with Gasteiger partial charge in [-0.2, -0.15) is 4.89 Å². The maximum atomic E-state index is 11.7. The van der Waals surface area contributed by atoms with Gasteiger partial charge in [-0.15, -0.1) is 6.58 Å². The standard InChI is InChI=1S/C16H23O3Si/c1-5-13-18-19-16(17)14-9-11-15(12-10-14)20(6-2,7-3)8-4/h6,9-12H,1-2,5,7-8,13H2,3-4H3. The monoisotopic (exact) mass is 291 g/mol. The first-order chi connectivity index (χ1) is 9.63. The molecule has 1 aromatic rings. The fraction of sp³-hybridized carbons (Fsp3) is 0.375. The molecule has 0 bridgehead atoms. The third-order valence-electron chi connectivity index (χ3n) is 3.71. The summed E-state index contributed by atoms with van der Waals surface area (Å²) in [6.07, 6.45) is 0.562. The summed E-state index contributed by atoms with van der Waals surface area (Å²) in [5.41, 5.74) is 2.62. The molecule has 0 saturated heterocycles. The first-order valence-electron chi connectivity index (χ1n) is 7.00. The maximum Gasteiger partial charge on any atom is 0.373 e. The Hall–Kier alpha value is -1.39. The van der Waals surface area contributed by atoms with Crippen LogP contribution < -0.4 is 5.19 Å². The van der Waals surface area contributed by atoms with Crippen LogP contribution in [0.1, 0.15) is 30.6 Å². The van der Waals surface area contributed by atoms with Gasteiger partial charge < -0.3 is 0 Å². The molecule has 0 aromatic heterocycles. The number of carbonyl (C=O) groups is 1. The van der Waals surface area contributed by atoms with Crippen molar-refractivity contribution in [1.29, 1.82) is 0 Å². The Morgan fingerprint density at radius 1 is 1.25 bits per heavy atom. The van der Waals surface area contributed by atoms with Crippen molar-refractivity contribution in [2.75, 3.05) is 6.61 Å². The van der Waals surface area contributed by atoms with Crippen molar-refractivity contribution in [3.05, 3.63) is 49.0 Å². The molecule has 0 spiro atoms. The van der Waals surface area contributed by atoms with E-state index >= 15 is 0 Å². The summed E-state index contributed by atoms with van der Waals surface area (Å²) < 4.78 is 0. The van der Waals surface area contributed by atoms with Gasteiger partial charge >= 0.3 is 5.97 Å². The molecule has 20 heavy (non-hydrogen) atoms. The molecule has 0 saturated carbocycles. The van der Waals surface area contributed by atoms with Crippen LogP contribution in [-0.4, -0.2) is 20.7 Å².